The highest BCUT2D eigenvalue weighted by molar-refractivity contribution is 9.10. The Morgan fingerprint density at radius 2 is 2.05 bits per heavy atom. The van der Waals surface area contributed by atoms with Crippen molar-refractivity contribution in [1.29, 1.82) is 0 Å². The van der Waals surface area contributed by atoms with Gasteiger partial charge in [0.05, 0.1) is 23.7 Å². The van der Waals surface area contributed by atoms with Crippen LogP contribution in [0.25, 0.3) is 0 Å². The van der Waals surface area contributed by atoms with Crippen LogP contribution in [-0.4, -0.2) is 24.0 Å². The lowest BCUT2D eigenvalue weighted by molar-refractivity contribution is 0.102. The van der Waals surface area contributed by atoms with Crippen molar-refractivity contribution in [2.24, 2.45) is 0 Å². The minimum atomic E-state index is -0.219. The van der Waals surface area contributed by atoms with Crippen molar-refractivity contribution < 1.29 is 9.21 Å². The number of anilines is 2. The van der Waals surface area contributed by atoms with Crippen LogP contribution in [0, 0.1) is 0 Å². The van der Waals surface area contributed by atoms with E-state index in [0.29, 0.717) is 15.9 Å². The average molecular weight is 350 g/mol. The number of piperidine rings is 1. The molecule has 1 aliphatic rings. The molecule has 1 aliphatic heterocycles. The summed E-state index contributed by atoms with van der Waals surface area (Å²) in [5.41, 5.74) is 1.14. The van der Waals surface area contributed by atoms with Crippen LogP contribution in [0.4, 0.5) is 11.5 Å². The minimum absolute atomic E-state index is 0.219. The van der Waals surface area contributed by atoms with Crippen LogP contribution in [0.5, 0.6) is 0 Å². The van der Waals surface area contributed by atoms with Crippen LogP contribution < -0.4 is 10.2 Å². The molecule has 1 fully saturated rings. The van der Waals surface area contributed by atoms with Crippen molar-refractivity contribution in [1.82, 2.24) is 4.98 Å². The van der Waals surface area contributed by atoms with Crippen molar-refractivity contribution in [2.45, 2.75) is 19.3 Å². The Balaban J connectivity index is 1.67. The molecule has 0 unspecified atom stereocenters. The molecular formula is C15H16BrN3O2. The number of carbonyl (C=O) groups is 1. The van der Waals surface area contributed by atoms with E-state index in [1.54, 1.807) is 12.3 Å². The van der Waals surface area contributed by atoms with E-state index in [2.05, 4.69) is 31.1 Å². The summed E-state index contributed by atoms with van der Waals surface area (Å²) in [5, 5.41) is 2.81. The van der Waals surface area contributed by atoms with Gasteiger partial charge in [0.1, 0.15) is 5.82 Å². The molecule has 6 heteroatoms. The Labute approximate surface area is 131 Å². The van der Waals surface area contributed by atoms with Gasteiger partial charge in [-0.05, 0) is 53.4 Å². The molecule has 0 radical (unpaired) electrons. The second kappa shape index (κ2) is 6.30. The lowest BCUT2D eigenvalue weighted by Gasteiger charge is -2.27. The summed E-state index contributed by atoms with van der Waals surface area (Å²) in [6.45, 7) is 2.11. The van der Waals surface area contributed by atoms with Gasteiger partial charge >= 0.3 is 0 Å². The van der Waals surface area contributed by atoms with Crippen molar-refractivity contribution in [3.63, 3.8) is 0 Å². The predicted molar refractivity (Wildman–Crippen MR) is 84.7 cm³/mol. The Bertz CT molecular complexity index is 618. The van der Waals surface area contributed by atoms with Crippen LogP contribution in [0.3, 0.4) is 0 Å². The fourth-order valence-corrected chi connectivity index (χ4v) is 2.84. The van der Waals surface area contributed by atoms with Crippen molar-refractivity contribution in [3.05, 3.63) is 40.9 Å². The molecule has 0 spiro atoms. The SMILES string of the molecule is O=C(Nc1ccc(N2CCCCC2)nc1)c1ccoc1Br. The molecule has 5 nitrogen and oxygen atoms in total. The Kier molecular flexibility index (Phi) is 4.24. The summed E-state index contributed by atoms with van der Waals surface area (Å²) in [6, 6.07) is 5.45. The number of rotatable bonds is 3. The fraction of sp³-hybridized carbons (Fsp3) is 0.333. The third kappa shape index (κ3) is 3.26. The summed E-state index contributed by atoms with van der Waals surface area (Å²) in [6.07, 6.45) is 6.89. The molecule has 2 aromatic rings. The van der Waals surface area contributed by atoms with Crippen LogP contribution in [-0.2, 0) is 0 Å². The molecule has 0 atom stereocenters. The summed E-state index contributed by atoms with van der Waals surface area (Å²) in [5.74, 6) is 0.750. The predicted octanol–water partition coefficient (Wildman–Crippen LogP) is 3.68. The molecule has 3 heterocycles. The number of carbonyl (C=O) groups excluding carboxylic acids is 1. The van der Waals surface area contributed by atoms with E-state index in [9.17, 15) is 4.79 Å². The van der Waals surface area contributed by atoms with Gasteiger partial charge in [0.2, 0.25) is 0 Å². The van der Waals surface area contributed by atoms with E-state index in [-0.39, 0.29) is 5.91 Å². The number of nitrogens with zero attached hydrogens (tertiary/aromatic N) is 2. The Hall–Kier alpha value is -1.82. The van der Waals surface area contributed by atoms with Crippen LogP contribution in [0.15, 0.2) is 39.7 Å². The second-order valence-electron chi connectivity index (χ2n) is 5.01. The molecule has 1 N–H and O–H groups in total. The number of hydrogen-bond acceptors (Lipinski definition) is 4. The van der Waals surface area contributed by atoms with Gasteiger partial charge in [-0.3, -0.25) is 4.79 Å². The van der Waals surface area contributed by atoms with Crippen LogP contribution >= 0.6 is 15.9 Å². The standard InChI is InChI=1S/C15H16BrN3O2/c16-14-12(6-9-21-14)15(20)18-11-4-5-13(17-10-11)19-7-2-1-3-8-19/h4-6,9-10H,1-3,7-8H2,(H,18,20). The molecule has 0 aliphatic carbocycles. The second-order valence-corrected chi connectivity index (χ2v) is 5.74. The molecule has 0 bridgehead atoms. The number of halogens is 1. The van der Waals surface area contributed by atoms with Crippen molar-refractivity contribution >= 4 is 33.3 Å². The molecule has 3 rings (SSSR count). The first-order chi connectivity index (χ1) is 10.2. The normalized spacial score (nSPS) is 15.0. The smallest absolute Gasteiger partial charge is 0.260 e. The number of hydrogen-bond donors (Lipinski definition) is 1. The van der Waals surface area contributed by atoms with Crippen LogP contribution in [0.1, 0.15) is 29.6 Å². The number of amides is 1. The quantitative estimate of drug-likeness (QED) is 0.918. The van der Waals surface area contributed by atoms with Crippen LogP contribution in [0.2, 0.25) is 0 Å². The first-order valence-electron chi connectivity index (χ1n) is 6.99. The van der Waals surface area contributed by atoms with Gasteiger partial charge in [0.15, 0.2) is 4.67 Å². The molecule has 0 aromatic carbocycles. The van der Waals surface area contributed by atoms with Gasteiger partial charge in [0.25, 0.3) is 5.91 Å². The van der Waals surface area contributed by atoms with Gasteiger partial charge < -0.3 is 14.6 Å². The lowest BCUT2D eigenvalue weighted by atomic mass is 10.1. The summed E-state index contributed by atoms with van der Waals surface area (Å²) >= 11 is 3.19. The topological polar surface area (TPSA) is 58.4 Å². The Morgan fingerprint density at radius 1 is 1.24 bits per heavy atom. The van der Waals surface area contributed by atoms with E-state index in [4.69, 9.17) is 4.42 Å². The first kappa shape index (κ1) is 14.1. The third-order valence-electron chi connectivity index (χ3n) is 3.55. The number of nitrogens with one attached hydrogen (secondary N) is 1. The highest BCUT2D eigenvalue weighted by Gasteiger charge is 2.14. The van der Waals surface area contributed by atoms with Gasteiger partial charge in [-0.15, -0.1) is 0 Å². The van der Waals surface area contributed by atoms with Crippen molar-refractivity contribution in [3.8, 4) is 0 Å². The van der Waals surface area contributed by atoms with Gasteiger partial charge in [-0.25, -0.2) is 4.98 Å². The maximum absolute atomic E-state index is 12.0. The van der Waals surface area contributed by atoms with Gasteiger partial charge in [0, 0.05) is 13.1 Å². The highest BCUT2D eigenvalue weighted by Crippen LogP contribution is 2.21. The molecule has 110 valence electrons. The maximum atomic E-state index is 12.0. The third-order valence-corrected chi connectivity index (χ3v) is 4.16. The van der Waals surface area contributed by atoms with Gasteiger partial charge in [-0.2, -0.15) is 0 Å². The zero-order valence-electron chi connectivity index (χ0n) is 11.5. The van der Waals surface area contributed by atoms with Gasteiger partial charge in [-0.1, -0.05) is 0 Å². The van der Waals surface area contributed by atoms with E-state index >= 15 is 0 Å². The largest absolute Gasteiger partial charge is 0.457 e. The summed E-state index contributed by atoms with van der Waals surface area (Å²) in [7, 11) is 0. The van der Waals surface area contributed by atoms with Crippen molar-refractivity contribution in [2.75, 3.05) is 23.3 Å². The number of pyridine rings is 1. The molecule has 1 amide bonds. The zero-order valence-corrected chi connectivity index (χ0v) is 13.1. The molecule has 21 heavy (non-hydrogen) atoms. The number of aromatic nitrogens is 1. The first-order valence-corrected chi connectivity index (χ1v) is 7.79. The summed E-state index contributed by atoms with van der Waals surface area (Å²) in [4.78, 5) is 18.8. The monoisotopic (exact) mass is 349 g/mol. The summed E-state index contributed by atoms with van der Waals surface area (Å²) < 4.78 is 5.48. The van der Waals surface area contributed by atoms with E-state index in [0.717, 1.165) is 18.9 Å². The average Bonchev–Trinajstić information content (AvgIpc) is 2.95. The fourth-order valence-electron chi connectivity index (χ4n) is 2.42. The molecule has 0 saturated carbocycles. The van der Waals surface area contributed by atoms with E-state index in [1.165, 1.54) is 25.5 Å². The van der Waals surface area contributed by atoms with E-state index in [1.807, 2.05) is 12.1 Å². The maximum Gasteiger partial charge on any atom is 0.260 e. The minimum Gasteiger partial charge on any atom is -0.457 e. The highest BCUT2D eigenvalue weighted by atomic mass is 79.9. The Morgan fingerprint density at radius 3 is 2.67 bits per heavy atom. The molecular weight excluding hydrogens is 334 g/mol. The lowest BCUT2D eigenvalue weighted by Crippen LogP contribution is -2.30. The molecule has 1 saturated heterocycles. The number of furan rings is 1. The van der Waals surface area contributed by atoms with E-state index < -0.39 is 0 Å². The molecule has 2 aromatic heterocycles. The zero-order chi connectivity index (χ0) is 14.7.